The van der Waals surface area contributed by atoms with Gasteiger partial charge in [0.05, 0.1) is 22.3 Å². The maximum absolute atomic E-state index is 13.7. The van der Waals surface area contributed by atoms with Crippen molar-refractivity contribution in [3.8, 4) is 0 Å². The second kappa shape index (κ2) is 9.00. The van der Waals surface area contributed by atoms with E-state index in [1.807, 2.05) is 19.1 Å². The van der Waals surface area contributed by atoms with Crippen molar-refractivity contribution in [2.75, 3.05) is 23.9 Å². The molecular weight excluding hydrogens is 535 g/mol. The molecule has 8 nitrogen and oxygen atoms in total. The van der Waals surface area contributed by atoms with Crippen molar-refractivity contribution < 1.29 is 18.0 Å². The lowest BCUT2D eigenvalue weighted by Gasteiger charge is -2.58. The minimum absolute atomic E-state index is 0.0248. The highest BCUT2D eigenvalue weighted by Crippen LogP contribution is 2.60. The number of rotatable bonds is 6. The van der Waals surface area contributed by atoms with E-state index in [-0.39, 0.29) is 60.9 Å². The first kappa shape index (κ1) is 25.7. The van der Waals surface area contributed by atoms with Gasteiger partial charge < -0.3 is 11.1 Å². The molecule has 7 rings (SSSR count). The number of hydrogen-bond acceptors (Lipinski definition) is 4. The molecule has 202 valence electrons. The van der Waals surface area contributed by atoms with Crippen LogP contribution in [0.25, 0.3) is 0 Å². The first-order valence-corrected chi connectivity index (χ1v) is 15.5. The van der Waals surface area contributed by atoms with Gasteiger partial charge in [0.15, 0.2) is 0 Å². The molecule has 5 aliphatic carbocycles. The summed E-state index contributed by atoms with van der Waals surface area (Å²) in [7, 11) is -4.01. The zero-order valence-electron chi connectivity index (χ0n) is 21.0. The largest absolute Gasteiger partial charge is 0.369 e. The predicted octanol–water partition coefficient (Wildman–Crippen LogP) is 3.67. The number of benzene rings is 1. The quantitative estimate of drug-likeness (QED) is 0.545. The Morgan fingerprint density at radius 2 is 1.70 bits per heavy atom. The van der Waals surface area contributed by atoms with Crippen LogP contribution in [0.5, 0.6) is 0 Å². The Hall–Kier alpha value is -1.55. The van der Waals surface area contributed by atoms with Gasteiger partial charge in [-0.25, -0.2) is 0 Å². The molecule has 4 bridgehead atoms. The molecule has 0 radical (unpaired) electrons. The van der Waals surface area contributed by atoms with Crippen LogP contribution in [0.4, 0.5) is 5.69 Å². The Morgan fingerprint density at radius 1 is 1.08 bits per heavy atom. The van der Waals surface area contributed by atoms with E-state index in [1.54, 1.807) is 0 Å². The van der Waals surface area contributed by atoms with Crippen molar-refractivity contribution >= 4 is 50.9 Å². The fourth-order valence-corrected chi connectivity index (χ4v) is 10.5. The molecule has 2 amide bonds. The Labute approximate surface area is 228 Å². The van der Waals surface area contributed by atoms with Gasteiger partial charge in [-0.15, -0.1) is 0 Å². The summed E-state index contributed by atoms with van der Waals surface area (Å²) in [4.78, 5) is 25.5. The number of anilines is 1. The van der Waals surface area contributed by atoms with Crippen molar-refractivity contribution in [1.82, 2.24) is 9.62 Å². The second-order valence-corrected chi connectivity index (χ2v) is 14.9. The van der Waals surface area contributed by atoms with Crippen LogP contribution >= 0.6 is 23.2 Å². The number of carbonyl (C=O) groups excluding carboxylic acids is 2. The molecule has 11 heteroatoms. The minimum atomic E-state index is -4.01. The molecule has 1 aromatic carbocycles. The van der Waals surface area contributed by atoms with Gasteiger partial charge in [0.1, 0.15) is 0 Å². The average Bonchev–Trinajstić information content (AvgIpc) is 3.64. The van der Waals surface area contributed by atoms with E-state index in [1.165, 1.54) is 8.61 Å². The standard InChI is InChI=1S/C26H34Cl2N4O4S/c1-14-11-31(37(35,36)32(12-14)24-20(27)6-17(7-21(24)28)16-2-3-16)13-22(33)30-23-18-4-15-5-19(23)10-26(8-15,9-18)25(29)34/h6-7,14-16,18-19,23H,2-5,8-13H2,1H3,(H2,29,34)(H,30,33). The van der Waals surface area contributed by atoms with E-state index in [0.717, 1.165) is 37.7 Å². The summed E-state index contributed by atoms with van der Waals surface area (Å²) in [6, 6.07) is 3.59. The summed E-state index contributed by atoms with van der Waals surface area (Å²) < 4.78 is 29.9. The second-order valence-electron chi connectivity index (χ2n) is 12.3. The molecule has 3 atom stereocenters. The van der Waals surface area contributed by atoms with Gasteiger partial charge in [-0.1, -0.05) is 30.1 Å². The smallest absolute Gasteiger partial charge is 0.304 e. The Kier molecular flexibility index (Phi) is 6.25. The van der Waals surface area contributed by atoms with Crippen LogP contribution in [-0.2, 0) is 19.8 Å². The summed E-state index contributed by atoms with van der Waals surface area (Å²) in [6.45, 7) is 2.17. The number of nitrogens with two attached hydrogens (primary N) is 1. The molecule has 1 saturated heterocycles. The van der Waals surface area contributed by atoms with E-state index >= 15 is 0 Å². The van der Waals surface area contributed by atoms with E-state index in [0.29, 0.717) is 34.7 Å². The van der Waals surface area contributed by atoms with E-state index in [4.69, 9.17) is 28.9 Å². The van der Waals surface area contributed by atoms with Crippen molar-refractivity contribution in [2.24, 2.45) is 34.8 Å². The molecule has 6 aliphatic rings. The van der Waals surface area contributed by atoms with Crippen molar-refractivity contribution in [1.29, 1.82) is 0 Å². The van der Waals surface area contributed by atoms with E-state index in [2.05, 4.69) is 5.32 Å². The number of halogens is 2. The number of nitrogens with one attached hydrogen (secondary N) is 1. The normalized spacial score (nSPS) is 36.5. The van der Waals surface area contributed by atoms with Crippen molar-refractivity contribution in [3.63, 3.8) is 0 Å². The Bertz CT molecular complexity index is 1210. The highest BCUT2D eigenvalue weighted by molar-refractivity contribution is 7.90. The van der Waals surface area contributed by atoms with Gasteiger partial charge in [-0.05, 0) is 92.2 Å². The predicted molar refractivity (Wildman–Crippen MR) is 143 cm³/mol. The van der Waals surface area contributed by atoms with E-state index in [9.17, 15) is 18.0 Å². The van der Waals surface area contributed by atoms with Crippen LogP contribution in [0, 0.1) is 29.1 Å². The summed E-state index contributed by atoms with van der Waals surface area (Å²) in [6.07, 6.45) is 6.42. The molecule has 3 N–H and O–H groups in total. The maximum atomic E-state index is 13.7. The minimum Gasteiger partial charge on any atom is -0.369 e. The Balaban J connectivity index is 1.18. The SMILES string of the molecule is CC1CN(CC(=O)NC2C3CC4CC2CC(C(N)=O)(C4)C3)S(=O)(=O)N(c2c(Cl)cc(C3CC3)cc2Cl)C1. The first-order chi connectivity index (χ1) is 17.5. The highest BCUT2D eigenvalue weighted by atomic mass is 35.5. The lowest BCUT2D eigenvalue weighted by atomic mass is 9.47. The van der Waals surface area contributed by atoms with Crippen molar-refractivity contribution in [3.05, 3.63) is 27.7 Å². The van der Waals surface area contributed by atoms with Gasteiger partial charge in [0.2, 0.25) is 11.8 Å². The fraction of sp³-hybridized carbons (Fsp3) is 0.692. The highest BCUT2D eigenvalue weighted by Gasteiger charge is 2.58. The van der Waals surface area contributed by atoms with Crippen LogP contribution in [0.3, 0.4) is 0 Å². The van der Waals surface area contributed by atoms with Crippen LogP contribution in [-0.4, -0.2) is 50.2 Å². The van der Waals surface area contributed by atoms with Crippen LogP contribution in [0.2, 0.25) is 10.0 Å². The molecule has 0 aromatic heterocycles. The molecule has 37 heavy (non-hydrogen) atoms. The molecule has 5 saturated carbocycles. The third-order valence-electron chi connectivity index (χ3n) is 9.38. The third kappa shape index (κ3) is 4.43. The molecule has 1 aromatic rings. The summed E-state index contributed by atoms with van der Waals surface area (Å²) >= 11 is 13.2. The van der Waals surface area contributed by atoms with Gasteiger partial charge in [0.25, 0.3) is 0 Å². The average molecular weight is 570 g/mol. The molecule has 1 heterocycles. The van der Waals surface area contributed by atoms with Crippen LogP contribution in [0.1, 0.15) is 63.4 Å². The monoisotopic (exact) mass is 568 g/mol. The number of nitrogens with zero attached hydrogens (tertiary/aromatic N) is 2. The number of primary amides is 1. The van der Waals surface area contributed by atoms with Gasteiger partial charge in [0, 0.05) is 24.5 Å². The summed E-state index contributed by atoms with van der Waals surface area (Å²) in [5.41, 5.74) is 6.67. The molecular formula is C26H34Cl2N4O4S. The zero-order chi connectivity index (χ0) is 26.3. The Morgan fingerprint density at radius 3 is 2.27 bits per heavy atom. The molecule has 6 fully saturated rings. The van der Waals surface area contributed by atoms with Gasteiger partial charge >= 0.3 is 10.2 Å². The van der Waals surface area contributed by atoms with Crippen LogP contribution < -0.4 is 15.4 Å². The maximum Gasteiger partial charge on any atom is 0.304 e. The number of hydrogen-bond donors (Lipinski definition) is 2. The molecule has 3 unspecified atom stereocenters. The van der Waals surface area contributed by atoms with Crippen molar-refractivity contribution in [2.45, 2.75) is 63.8 Å². The third-order valence-corrected chi connectivity index (χ3v) is 11.8. The molecule has 0 spiro atoms. The first-order valence-electron chi connectivity index (χ1n) is 13.3. The number of carbonyl (C=O) groups is 2. The molecule has 1 aliphatic heterocycles. The fourth-order valence-electron chi connectivity index (χ4n) is 7.80. The van der Waals surface area contributed by atoms with E-state index < -0.39 is 15.6 Å². The summed E-state index contributed by atoms with van der Waals surface area (Å²) in [5.74, 6) is 0.776. The number of amides is 2. The topological polar surface area (TPSA) is 113 Å². The summed E-state index contributed by atoms with van der Waals surface area (Å²) in [5, 5.41) is 3.78. The zero-order valence-corrected chi connectivity index (χ0v) is 23.3. The lowest BCUT2D eigenvalue weighted by Crippen LogP contribution is -2.63. The van der Waals surface area contributed by atoms with Crippen LogP contribution in [0.15, 0.2) is 12.1 Å². The van der Waals surface area contributed by atoms with Gasteiger partial charge in [-0.2, -0.15) is 12.7 Å². The lowest BCUT2D eigenvalue weighted by molar-refractivity contribution is -0.147. The van der Waals surface area contributed by atoms with Gasteiger partial charge in [-0.3, -0.25) is 13.9 Å².